The number of rotatable bonds is 5. The third-order valence-corrected chi connectivity index (χ3v) is 7.57. The number of phenols is 1. The summed E-state index contributed by atoms with van der Waals surface area (Å²) >= 11 is 0. The fourth-order valence-corrected chi connectivity index (χ4v) is 4.79. The number of aliphatic hydroxyl groups is 1. The summed E-state index contributed by atoms with van der Waals surface area (Å²) in [6, 6.07) is 0.225. The van der Waals surface area contributed by atoms with E-state index >= 15 is 0 Å². The molecule has 44 heavy (non-hydrogen) atoms. The fourth-order valence-electron chi connectivity index (χ4n) is 4.79. The van der Waals surface area contributed by atoms with Gasteiger partial charge in [-0.15, -0.1) is 0 Å². The van der Waals surface area contributed by atoms with Crippen LogP contribution in [0.4, 0.5) is 22.0 Å². The van der Waals surface area contributed by atoms with E-state index in [0.717, 1.165) is 6.92 Å². The van der Waals surface area contributed by atoms with Crippen molar-refractivity contribution in [3.63, 3.8) is 0 Å². The number of amides is 3. The molecule has 16 heteroatoms. The quantitative estimate of drug-likeness (QED) is 0.142. The van der Waals surface area contributed by atoms with Crippen molar-refractivity contribution >= 4 is 23.7 Å². The van der Waals surface area contributed by atoms with Gasteiger partial charge in [-0.1, -0.05) is 19.1 Å². The van der Waals surface area contributed by atoms with Gasteiger partial charge < -0.3 is 35.6 Å². The number of benzene rings is 2. The number of carbonyl (C=O) groups is 4. The zero-order valence-corrected chi connectivity index (χ0v) is 23.2. The molecule has 2 aromatic carbocycles. The van der Waals surface area contributed by atoms with Gasteiger partial charge in [0.2, 0.25) is 17.6 Å². The predicted molar refractivity (Wildman–Crippen MR) is 138 cm³/mol. The number of hydrogen-bond acceptors (Lipinski definition) is 8. The van der Waals surface area contributed by atoms with Gasteiger partial charge in [0.25, 0.3) is 5.91 Å². The van der Waals surface area contributed by atoms with Crippen molar-refractivity contribution in [2.45, 2.75) is 50.6 Å². The minimum Gasteiger partial charge on any atom is -0.507 e. The van der Waals surface area contributed by atoms with Crippen molar-refractivity contribution in [1.82, 2.24) is 16.0 Å². The van der Waals surface area contributed by atoms with Crippen LogP contribution in [0.1, 0.15) is 29.8 Å². The van der Waals surface area contributed by atoms with Gasteiger partial charge in [0.05, 0.1) is 36.8 Å². The smallest absolute Gasteiger partial charge is 0.329 e. The second-order valence-electron chi connectivity index (χ2n) is 10.5. The van der Waals surface area contributed by atoms with E-state index < -0.39 is 113 Å². The van der Waals surface area contributed by atoms with Crippen LogP contribution in [0.3, 0.4) is 0 Å². The average Bonchev–Trinajstić information content (AvgIpc) is 2.96. The fraction of sp³-hybridized carbons (Fsp3) is 0.429. The maximum Gasteiger partial charge on any atom is 0.329 e. The highest BCUT2D eigenvalue weighted by molar-refractivity contribution is 6.00. The molecule has 0 saturated carbocycles. The lowest BCUT2D eigenvalue weighted by Gasteiger charge is -2.37. The molecule has 238 valence electrons. The van der Waals surface area contributed by atoms with Crippen molar-refractivity contribution in [2.24, 2.45) is 11.8 Å². The summed E-state index contributed by atoms with van der Waals surface area (Å²) in [6.45, 7) is 2.43. The van der Waals surface area contributed by atoms with Crippen molar-refractivity contribution < 1.29 is 60.8 Å². The molecule has 0 spiro atoms. The van der Waals surface area contributed by atoms with Crippen molar-refractivity contribution in [1.29, 1.82) is 0 Å². The molecule has 2 saturated heterocycles. The summed E-state index contributed by atoms with van der Waals surface area (Å²) in [5.74, 6) is -18.2. The van der Waals surface area contributed by atoms with Crippen LogP contribution in [0, 0.1) is 40.9 Å². The molecular weight excluding hydrogens is 601 g/mol. The molecule has 5 N–H and O–H groups in total. The maximum absolute atomic E-state index is 14.6. The zero-order valence-electron chi connectivity index (χ0n) is 23.2. The number of cyclic esters (lactones) is 1. The van der Waals surface area contributed by atoms with Crippen LogP contribution in [-0.2, 0) is 30.3 Å². The summed E-state index contributed by atoms with van der Waals surface area (Å²) in [5.41, 5.74) is -1.67. The molecule has 1 unspecified atom stereocenters. The Labute approximate surface area is 246 Å². The lowest BCUT2D eigenvalue weighted by atomic mass is 9.90. The number of hydrogen-bond donors (Lipinski definition) is 5. The number of phenolic OH excluding ortho intramolecular Hbond substituents is 1. The SMILES string of the molecule is C[C@H]1OC(=O)C(C2COC2)NC(=O)[C@H](C)[C@H](O)[C@H](Cc2c(F)c(F)c(F)c(F)c2F)NC(=O)[C@H]1NC(=O)c1ccccc1O. The molecule has 0 radical (unpaired) electrons. The Kier molecular flexibility index (Phi) is 9.73. The van der Waals surface area contributed by atoms with E-state index in [0.29, 0.717) is 0 Å². The highest BCUT2D eigenvalue weighted by atomic mass is 19.2. The van der Waals surface area contributed by atoms with Gasteiger partial charge in [0, 0.05) is 17.9 Å². The molecule has 2 aliphatic heterocycles. The number of aliphatic hydroxyl groups excluding tert-OH is 1. The van der Waals surface area contributed by atoms with E-state index in [1.54, 1.807) is 0 Å². The van der Waals surface area contributed by atoms with Gasteiger partial charge >= 0.3 is 5.97 Å². The predicted octanol–water partition coefficient (Wildman–Crippen LogP) is 0.987. The average molecular weight is 630 g/mol. The maximum atomic E-state index is 14.6. The normalized spacial score (nSPS) is 26.8. The van der Waals surface area contributed by atoms with Gasteiger partial charge in [-0.3, -0.25) is 14.4 Å². The first-order valence-electron chi connectivity index (χ1n) is 13.4. The first kappa shape index (κ1) is 32.6. The number of nitrogens with one attached hydrogen (secondary N) is 3. The summed E-state index contributed by atoms with van der Waals surface area (Å²) in [5, 5.41) is 28.1. The first-order valence-corrected chi connectivity index (χ1v) is 13.4. The van der Waals surface area contributed by atoms with E-state index in [2.05, 4.69) is 16.0 Å². The summed E-state index contributed by atoms with van der Waals surface area (Å²) < 4.78 is 81.4. The Balaban J connectivity index is 1.75. The molecule has 2 fully saturated rings. The standard InChI is InChI=1S/C28H28F5N3O8/c1-10-24(38)15(7-14-17(29)19(31)21(33)20(32)18(14)30)34-27(41)22(35-26(40)13-5-3-4-6-16(13)37)11(2)44-28(42)23(36-25(10)39)12-8-43-9-12/h3-6,10-12,15,22-24,37-38H,7-9H2,1-2H3,(H,34,41)(H,35,40)(H,36,39)/t10-,11-,15+,22+,23?,24+/m1/s1. The van der Waals surface area contributed by atoms with Gasteiger partial charge in [0.1, 0.15) is 23.9 Å². The second kappa shape index (κ2) is 13.1. The Morgan fingerprint density at radius 3 is 2.09 bits per heavy atom. The van der Waals surface area contributed by atoms with Crippen LogP contribution in [0.25, 0.3) is 0 Å². The molecule has 4 rings (SSSR count). The third kappa shape index (κ3) is 6.45. The molecule has 0 bridgehead atoms. The lowest BCUT2D eigenvalue weighted by Crippen LogP contribution is -2.62. The highest BCUT2D eigenvalue weighted by Crippen LogP contribution is 2.26. The minimum absolute atomic E-state index is 0.0438. The monoisotopic (exact) mass is 629 g/mol. The molecule has 2 heterocycles. The van der Waals surface area contributed by atoms with Gasteiger partial charge in [0.15, 0.2) is 23.3 Å². The number of halogens is 5. The van der Waals surface area contributed by atoms with Crippen LogP contribution in [0.2, 0.25) is 0 Å². The van der Waals surface area contributed by atoms with Gasteiger partial charge in [-0.25, -0.2) is 26.7 Å². The number of aromatic hydroxyl groups is 1. The largest absolute Gasteiger partial charge is 0.507 e. The van der Waals surface area contributed by atoms with E-state index in [1.807, 2.05) is 0 Å². The molecule has 0 aromatic heterocycles. The number of para-hydroxylation sites is 1. The molecule has 3 amide bonds. The topological polar surface area (TPSA) is 163 Å². The summed E-state index contributed by atoms with van der Waals surface area (Å²) in [4.78, 5) is 52.7. The van der Waals surface area contributed by atoms with E-state index in [4.69, 9.17) is 9.47 Å². The van der Waals surface area contributed by atoms with E-state index in [1.165, 1.54) is 31.2 Å². The van der Waals surface area contributed by atoms with Crippen molar-refractivity contribution in [3.8, 4) is 5.75 Å². The van der Waals surface area contributed by atoms with Crippen LogP contribution in [-0.4, -0.2) is 77.5 Å². The number of carbonyl (C=O) groups excluding carboxylic acids is 4. The summed E-state index contributed by atoms with van der Waals surface area (Å²) in [6.07, 6.45) is -4.71. The van der Waals surface area contributed by atoms with Crippen molar-refractivity contribution in [3.05, 3.63) is 64.5 Å². The zero-order chi connectivity index (χ0) is 32.5. The lowest BCUT2D eigenvalue weighted by molar-refractivity contribution is -0.163. The molecule has 2 aliphatic rings. The Hall–Kier alpha value is -4.31. The Morgan fingerprint density at radius 2 is 1.52 bits per heavy atom. The third-order valence-electron chi connectivity index (χ3n) is 7.57. The number of esters is 1. The van der Waals surface area contributed by atoms with Crippen molar-refractivity contribution in [2.75, 3.05) is 13.2 Å². The Morgan fingerprint density at radius 1 is 0.932 bits per heavy atom. The second-order valence-corrected chi connectivity index (χ2v) is 10.5. The van der Waals surface area contributed by atoms with Gasteiger partial charge in [-0.2, -0.15) is 0 Å². The Bertz CT molecular complexity index is 1440. The van der Waals surface area contributed by atoms with E-state index in [-0.39, 0.29) is 18.8 Å². The molecular formula is C28H28F5N3O8. The van der Waals surface area contributed by atoms with Gasteiger partial charge in [-0.05, 0) is 19.1 Å². The van der Waals surface area contributed by atoms with Crippen LogP contribution in [0.15, 0.2) is 24.3 Å². The molecule has 0 aliphatic carbocycles. The highest BCUT2D eigenvalue weighted by Gasteiger charge is 2.43. The van der Waals surface area contributed by atoms with Crippen LogP contribution < -0.4 is 16.0 Å². The molecule has 11 nitrogen and oxygen atoms in total. The van der Waals surface area contributed by atoms with Crippen LogP contribution in [0.5, 0.6) is 5.75 Å². The first-order chi connectivity index (χ1) is 20.7. The molecule has 2 aromatic rings. The number of ether oxygens (including phenoxy) is 2. The van der Waals surface area contributed by atoms with E-state index in [9.17, 15) is 51.3 Å². The van der Waals surface area contributed by atoms with Crippen LogP contribution >= 0.6 is 0 Å². The summed E-state index contributed by atoms with van der Waals surface area (Å²) in [7, 11) is 0. The molecule has 6 atom stereocenters. The minimum atomic E-state index is -2.42.